The summed E-state index contributed by atoms with van der Waals surface area (Å²) in [6, 6.07) is 6.31. The largest absolute Gasteiger partial charge is 0.454 e. The molecule has 0 aliphatic carbocycles. The third kappa shape index (κ3) is 1.45. The van der Waals surface area contributed by atoms with E-state index in [1.54, 1.807) is 19.1 Å². The molecule has 0 fully saturated rings. The van der Waals surface area contributed by atoms with Crippen molar-refractivity contribution < 1.29 is 23.9 Å². The van der Waals surface area contributed by atoms with E-state index in [-0.39, 0.29) is 11.1 Å². The highest BCUT2D eigenvalue weighted by molar-refractivity contribution is 6.25. The van der Waals surface area contributed by atoms with Crippen LogP contribution in [0.4, 0.5) is 0 Å². The van der Waals surface area contributed by atoms with Gasteiger partial charge in [-0.1, -0.05) is 12.6 Å². The fourth-order valence-electron chi connectivity index (χ4n) is 2.98. The monoisotopic (exact) mass is 294 g/mol. The minimum atomic E-state index is -0.711. The first-order valence-corrected chi connectivity index (χ1v) is 6.75. The number of hydrogen-bond donors (Lipinski definition) is 0. The van der Waals surface area contributed by atoms with Crippen LogP contribution in [0.2, 0.25) is 0 Å². The highest BCUT2D eigenvalue weighted by Gasteiger charge is 2.33. The molecule has 22 heavy (non-hydrogen) atoms. The van der Waals surface area contributed by atoms with Crippen LogP contribution in [0.15, 0.2) is 30.8 Å². The number of rotatable bonds is 0. The number of ether oxygens (including phenoxy) is 2. The lowest BCUT2D eigenvalue weighted by atomic mass is 9.88. The molecule has 2 aliphatic heterocycles. The van der Waals surface area contributed by atoms with Gasteiger partial charge in [-0.05, 0) is 36.3 Å². The third-order valence-corrected chi connectivity index (χ3v) is 4.13. The normalized spacial score (nSPS) is 19.8. The molecule has 0 bridgehead atoms. The molecule has 2 aliphatic rings. The molecule has 0 radical (unpaired) electrons. The highest BCUT2D eigenvalue weighted by Crippen LogP contribution is 2.39. The standard InChI is InChI=1S/C17H10O5/c1-7-8(2)21-15(18)10-5-6-12-14-11(16(19)22-17(12)20)4-3-9(7)13(10)14/h3-6,8H,1H2,2H3. The van der Waals surface area contributed by atoms with Crippen LogP contribution in [-0.4, -0.2) is 24.0 Å². The molecular formula is C17H10O5. The van der Waals surface area contributed by atoms with Gasteiger partial charge in [-0.3, -0.25) is 0 Å². The minimum Gasteiger partial charge on any atom is -0.454 e. The zero-order valence-corrected chi connectivity index (χ0v) is 11.6. The molecule has 1 atom stereocenters. The first-order chi connectivity index (χ1) is 10.5. The Morgan fingerprint density at radius 3 is 1.86 bits per heavy atom. The second-order valence-electron chi connectivity index (χ2n) is 5.32. The molecule has 0 N–H and O–H groups in total. The van der Waals surface area contributed by atoms with E-state index in [1.807, 2.05) is 0 Å². The Bertz CT molecular complexity index is 902. The van der Waals surface area contributed by atoms with E-state index in [1.165, 1.54) is 12.1 Å². The van der Waals surface area contributed by atoms with Gasteiger partial charge in [-0.25, -0.2) is 14.4 Å². The lowest BCUT2D eigenvalue weighted by Crippen LogP contribution is -2.20. The molecule has 5 nitrogen and oxygen atoms in total. The molecular weight excluding hydrogens is 284 g/mol. The van der Waals surface area contributed by atoms with Crippen molar-refractivity contribution >= 4 is 34.3 Å². The predicted molar refractivity (Wildman–Crippen MR) is 77.6 cm³/mol. The van der Waals surface area contributed by atoms with Crippen molar-refractivity contribution in [3.05, 3.63) is 53.1 Å². The summed E-state index contributed by atoms with van der Waals surface area (Å²) in [6.45, 7) is 5.71. The van der Waals surface area contributed by atoms with E-state index in [2.05, 4.69) is 6.58 Å². The average Bonchev–Trinajstić information content (AvgIpc) is 2.58. The summed E-state index contributed by atoms with van der Waals surface area (Å²) < 4.78 is 10.1. The molecule has 0 saturated carbocycles. The summed E-state index contributed by atoms with van der Waals surface area (Å²) in [5.41, 5.74) is 2.19. The van der Waals surface area contributed by atoms with E-state index >= 15 is 0 Å². The van der Waals surface area contributed by atoms with Gasteiger partial charge in [0.15, 0.2) is 0 Å². The Hall–Kier alpha value is -2.95. The summed E-state index contributed by atoms with van der Waals surface area (Å²) in [5.74, 6) is -1.92. The van der Waals surface area contributed by atoms with Crippen molar-refractivity contribution in [1.29, 1.82) is 0 Å². The van der Waals surface area contributed by atoms with Crippen LogP contribution in [0.3, 0.4) is 0 Å². The summed E-state index contributed by atoms with van der Waals surface area (Å²) in [5, 5.41) is 0.961. The molecule has 0 saturated heterocycles. The van der Waals surface area contributed by atoms with Crippen molar-refractivity contribution in [2.45, 2.75) is 13.0 Å². The van der Waals surface area contributed by atoms with Gasteiger partial charge in [0.05, 0.1) is 16.7 Å². The summed E-state index contributed by atoms with van der Waals surface area (Å²) in [6.07, 6.45) is -0.483. The molecule has 0 spiro atoms. The Morgan fingerprint density at radius 1 is 0.818 bits per heavy atom. The van der Waals surface area contributed by atoms with Gasteiger partial charge in [0.1, 0.15) is 6.10 Å². The Balaban J connectivity index is 2.25. The summed E-state index contributed by atoms with van der Waals surface area (Å²) >= 11 is 0. The third-order valence-electron chi connectivity index (χ3n) is 4.13. The number of carbonyl (C=O) groups excluding carboxylic acids is 3. The number of cyclic esters (lactones) is 3. The Kier molecular flexibility index (Phi) is 2.34. The van der Waals surface area contributed by atoms with Crippen molar-refractivity contribution in [1.82, 2.24) is 0 Å². The van der Waals surface area contributed by atoms with E-state index < -0.39 is 24.0 Å². The first kappa shape index (κ1) is 12.8. The number of carbonyl (C=O) groups is 3. The van der Waals surface area contributed by atoms with Crippen LogP contribution >= 0.6 is 0 Å². The van der Waals surface area contributed by atoms with Crippen molar-refractivity contribution in [3.8, 4) is 0 Å². The topological polar surface area (TPSA) is 69.7 Å². The second-order valence-corrected chi connectivity index (χ2v) is 5.32. The van der Waals surface area contributed by atoms with Gasteiger partial charge in [0.25, 0.3) is 0 Å². The van der Waals surface area contributed by atoms with Crippen LogP contribution < -0.4 is 0 Å². The lowest BCUT2D eigenvalue weighted by Gasteiger charge is -2.18. The fourth-order valence-corrected chi connectivity index (χ4v) is 2.98. The van der Waals surface area contributed by atoms with E-state index in [0.717, 1.165) is 0 Å². The van der Waals surface area contributed by atoms with Gasteiger partial charge < -0.3 is 9.47 Å². The summed E-state index contributed by atoms with van der Waals surface area (Å²) in [7, 11) is 0. The minimum absolute atomic E-state index is 0.269. The van der Waals surface area contributed by atoms with Gasteiger partial charge in [0, 0.05) is 10.8 Å². The van der Waals surface area contributed by atoms with Crippen LogP contribution in [0.5, 0.6) is 0 Å². The quantitative estimate of drug-likeness (QED) is 0.552. The van der Waals surface area contributed by atoms with E-state index in [4.69, 9.17) is 9.47 Å². The van der Waals surface area contributed by atoms with Gasteiger partial charge in [-0.15, -0.1) is 0 Å². The molecule has 0 amide bonds. The molecule has 2 aromatic carbocycles. The van der Waals surface area contributed by atoms with Crippen LogP contribution in [0, 0.1) is 0 Å². The second kappa shape index (κ2) is 4.04. The zero-order valence-electron chi connectivity index (χ0n) is 11.6. The fraction of sp³-hybridized carbons (Fsp3) is 0.118. The zero-order chi connectivity index (χ0) is 15.6. The maximum Gasteiger partial charge on any atom is 0.346 e. The van der Waals surface area contributed by atoms with Crippen molar-refractivity contribution in [3.63, 3.8) is 0 Å². The predicted octanol–water partition coefficient (Wildman–Crippen LogP) is 2.72. The maximum atomic E-state index is 12.3. The number of hydrogen-bond acceptors (Lipinski definition) is 5. The number of esters is 3. The smallest absolute Gasteiger partial charge is 0.346 e. The first-order valence-electron chi connectivity index (χ1n) is 6.75. The molecule has 5 heteroatoms. The van der Waals surface area contributed by atoms with E-state index in [0.29, 0.717) is 27.5 Å². The lowest BCUT2D eigenvalue weighted by molar-refractivity contribution is 0.0386. The van der Waals surface area contributed by atoms with Crippen molar-refractivity contribution in [2.24, 2.45) is 0 Å². The van der Waals surface area contributed by atoms with Crippen LogP contribution in [-0.2, 0) is 9.47 Å². The Labute approximate surface area is 125 Å². The SMILES string of the molecule is C=C1c2ccc3c4c(ccc(c24)C(=O)OC1C)C(=O)OC3=O. The average molecular weight is 294 g/mol. The molecule has 2 heterocycles. The van der Waals surface area contributed by atoms with Gasteiger partial charge >= 0.3 is 17.9 Å². The summed E-state index contributed by atoms with van der Waals surface area (Å²) in [4.78, 5) is 36.2. The van der Waals surface area contributed by atoms with E-state index in [9.17, 15) is 14.4 Å². The Morgan fingerprint density at radius 2 is 1.27 bits per heavy atom. The molecule has 1 unspecified atom stereocenters. The van der Waals surface area contributed by atoms with Gasteiger partial charge in [-0.2, -0.15) is 0 Å². The number of benzene rings is 2. The molecule has 2 aromatic rings. The van der Waals surface area contributed by atoms with Gasteiger partial charge in [0.2, 0.25) is 0 Å². The highest BCUT2D eigenvalue weighted by atomic mass is 16.6. The van der Waals surface area contributed by atoms with Crippen molar-refractivity contribution in [2.75, 3.05) is 0 Å². The maximum absolute atomic E-state index is 12.3. The molecule has 0 aromatic heterocycles. The van der Waals surface area contributed by atoms with Crippen LogP contribution in [0.1, 0.15) is 43.6 Å². The molecule has 108 valence electrons. The van der Waals surface area contributed by atoms with Crippen LogP contribution in [0.25, 0.3) is 16.3 Å². The molecule has 4 rings (SSSR count).